The Kier molecular flexibility index (Phi) is 3.28. The molecule has 3 rings (SSSR count). The molecule has 2 heterocycles. The van der Waals surface area contributed by atoms with E-state index in [1.165, 1.54) is 37.0 Å². The van der Waals surface area contributed by atoms with E-state index < -0.39 is 0 Å². The summed E-state index contributed by atoms with van der Waals surface area (Å²) in [6.07, 6.45) is 6.66. The van der Waals surface area contributed by atoms with Crippen molar-refractivity contribution >= 4 is 37.5 Å². The van der Waals surface area contributed by atoms with Crippen LogP contribution in [0.1, 0.15) is 25.7 Å². The SMILES string of the molecule is O=c1c2sccc2ncn1CC1(CBr)CCCC1. The number of aromatic nitrogens is 2. The van der Waals surface area contributed by atoms with Crippen molar-refractivity contribution < 1.29 is 0 Å². The lowest BCUT2D eigenvalue weighted by Crippen LogP contribution is -2.31. The number of nitrogens with zero attached hydrogens (tertiary/aromatic N) is 2. The van der Waals surface area contributed by atoms with Gasteiger partial charge in [0.15, 0.2) is 0 Å². The number of hydrogen-bond acceptors (Lipinski definition) is 3. The monoisotopic (exact) mass is 326 g/mol. The first-order valence-corrected chi connectivity index (χ1v) is 8.23. The van der Waals surface area contributed by atoms with E-state index in [0.29, 0.717) is 0 Å². The first kappa shape index (κ1) is 12.4. The summed E-state index contributed by atoms with van der Waals surface area (Å²) in [5, 5.41) is 2.90. The van der Waals surface area contributed by atoms with Crippen molar-refractivity contribution in [2.75, 3.05) is 5.33 Å². The summed E-state index contributed by atoms with van der Waals surface area (Å²) >= 11 is 5.11. The maximum absolute atomic E-state index is 12.4. The minimum absolute atomic E-state index is 0.113. The zero-order chi connectivity index (χ0) is 12.6. The van der Waals surface area contributed by atoms with E-state index in [-0.39, 0.29) is 11.0 Å². The zero-order valence-corrected chi connectivity index (χ0v) is 12.5. The standard InChI is InChI=1S/C13H15BrN2OS/c14-7-13(4-1-2-5-13)8-16-9-15-10-3-6-18-11(10)12(16)17/h3,6,9H,1-2,4-5,7-8H2. The maximum atomic E-state index is 12.4. The van der Waals surface area contributed by atoms with Gasteiger partial charge in [0, 0.05) is 11.9 Å². The smallest absolute Gasteiger partial charge is 0.271 e. The summed E-state index contributed by atoms with van der Waals surface area (Å²) < 4.78 is 2.58. The highest BCUT2D eigenvalue weighted by Crippen LogP contribution is 2.40. The first-order valence-electron chi connectivity index (χ1n) is 6.23. The molecule has 0 bridgehead atoms. The molecule has 2 aromatic heterocycles. The Hall–Kier alpha value is -0.680. The second kappa shape index (κ2) is 4.78. The van der Waals surface area contributed by atoms with Crippen LogP contribution in [-0.2, 0) is 6.54 Å². The van der Waals surface area contributed by atoms with Gasteiger partial charge in [-0.15, -0.1) is 11.3 Å². The zero-order valence-electron chi connectivity index (χ0n) is 10.1. The van der Waals surface area contributed by atoms with Crippen LogP contribution < -0.4 is 5.56 Å². The Morgan fingerprint density at radius 2 is 2.22 bits per heavy atom. The second-order valence-corrected chi connectivity index (χ2v) is 6.63. The van der Waals surface area contributed by atoms with E-state index in [0.717, 1.165) is 22.1 Å². The summed E-state index contributed by atoms with van der Waals surface area (Å²) in [5.41, 5.74) is 1.18. The number of thiophene rings is 1. The number of alkyl halides is 1. The highest BCUT2D eigenvalue weighted by atomic mass is 79.9. The lowest BCUT2D eigenvalue weighted by molar-refractivity contribution is 0.287. The first-order chi connectivity index (χ1) is 8.74. The van der Waals surface area contributed by atoms with Gasteiger partial charge in [-0.3, -0.25) is 9.36 Å². The van der Waals surface area contributed by atoms with Gasteiger partial charge in [-0.05, 0) is 29.7 Å². The topological polar surface area (TPSA) is 34.9 Å². The van der Waals surface area contributed by atoms with Gasteiger partial charge < -0.3 is 0 Å². The molecule has 1 aliphatic rings. The molecule has 1 aliphatic carbocycles. The normalized spacial score (nSPS) is 18.5. The number of rotatable bonds is 3. The van der Waals surface area contributed by atoms with Crippen molar-refractivity contribution in [3.05, 3.63) is 28.1 Å². The number of fused-ring (bicyclic) bond motifs is 1. The Bertz CT molecular complexity index is 613. The van der Waals surface area contributed by atoms with Gasteiger partial charge in [0.1, 0.15) is 4.70 Å². The fourth-order valence-corrected chi connectivity index (χ4v) is 4.34. The van der Waals surface area contributed by atoms with Crippen LogP contribution in [-0.4, -0.2) is 14.9 Å². The Morgan fingerprint density at radius 1 is 1.44 bits per heavy atom. The molecule has 3 nitrogen and oxygen atoms in total. The quantitative estimate of drug-likeness (QED) is 0.810. The molecule has 1 fully saturated rings. The lowest BCUT2D eigenvalue weighted by Gasteiger charge is -2.27. The van der Waals surface area contributed by atoms with Crippen LogP contribution in [0, 0.1) is 5.41 Å². The second-order valence-electron chi connectivity index (χ2n) is 5.15. The average Bonchev–Trinajstić information content (AvgIpc) is 3.03. The van der Waals surface area contributed by atoms with Crippen LogP contribution in [0.5, 0.6) is 0 Å². The predicted molar refractivity (Wildman–Crippen MR) is 78.6 cm³/mol. The van der Waals surface area contributed by atoms with Crippen LogP contribution >= 0.6 is 27.3 Å². The van der Waals surface area contributed by atoms with Crippen LogP contribution in [0.25, 0.3) is 10.2 Å². The maximum Gasteiger partial charge on any atom is 0.271 e. The molecule has 2 aromatic rings. The highest BCUT2D eigenvalue weighted by molar-refractivity contribution is 9.09. The molecule has 0 N–H and O–H groups in total. The molecular weight excluding hydrogens is 312 g/mol. The number of halogens is 1. The highest BCUT2D eigenvalue weighted by Gasteiger charge is 2.33. The van der Waals surface area contributed by atoms with Crippen molar-refractivity contribution in [2.24, 2.45) is 5.41 Å². The van der Waals surface area contributed by atoms with E-state index in [4.69, 9.17) is 0 Å². The minimum Gasteiger partial charge on any atom is -0.297 e. The van der Waals surface area contributed by atoms with E-state index >= 15 is 0 Å². The molecule has 0 radical (unpaired) electrons. The van der Waals surface area contributed by atoms with E-state index in [1.54, 1.807) is 10.9 Å². The molecule has 0 amide bonds. The largest absolute Gasteiger partial charge is 0.297 e. The van der Waals surface area contributed by atoms with E-state index in [1.807, 2.05) is 11.4 Å². The Morgan fingerprint density at radius 3 is 2.94 bits per heavy atom. The molecule has 5 heteroatoms. The van der Waals surface area contributed by atoms with Gasteiger partial charge in [0.2, 0.25) is 0 Å². The molecular formula is C13H15BrN2OS. The molecule has 96 valence electrons. The minimum atomic E-state index is 0.113. The van der Waals surface area contributed by atoms with Gasteiger partial charge in [-0.2, -0.15) is 0 Å². The summed E-state index contributed by atoms with van der Waals surface area (Å²) in [7, 11) is 0. The summed E-state index contributed by atoms with van der Waals surface area (Å²) in [4.78, 5) is 16.7. The average molecular weight is 327 g/mol. The Labute approximate surface area is 118 Å². The molecule has 0 unspecified atom stereocenters. The van der Waals surface area contributed by atoms with Gasteiger partial charge >= 0.3 is 0 Å². The molecule has 18 heavy (non-hydrogen) atoms. The van der Waals surface area contributed by atoms with Gasteiger partial charge in [0.05, 0.1) is 11.8 Å². The van der Waals surface area contributed by atoms with Gasteiger partial charge in [-0.1, -0.05) is 28.8 Å². The third kappa shape index (κ3) is 2.03. The van der Waals surface area contributed by atoms with Gasteiger partial charge in [0.25, 0.3) is 5.56 Å². The van der Waals surface area contributed by atoms with E-state index in [9.17, 15) is 4.79 Å². The lowest BCUT2D eigenvalue weighted by atomic mass is 9.89. The summed E-state index contributed by atoms with van der Waals surface area (Å²) in [5.74, 6) is 0. The Balaban J connectivity index is 1.99. The molecule has 0 atom stereocenters. The molecule has 1 saturated carbocycles. The van der Waals surface area contributed by atoms with Crippen molar-refractivity contribution in [3.8, 4) is 0 Å². The van der Waals surface area contributed by atoms with Crippen molar-refractivity contribution in [1.82, 2.24) is 9.55 Å². The fraction of sp³-hybridized carbons (Fsp3) is 0.538. The predicted octanol–water partition coefficient (Wildman–Crippen LogP) is 3.41. The number of hydrogen-bond donors (Lipinski definition) is 0. The van der Waals surface area contributed by atoms with Crippen molar-refractivity contribution in [3.63, 3.8) is 0 Å². The third-order valence-electron chi connectivity index (χ3n) is 3.89. The fourth-order valence-electron chi connectivity index (χ4n) is 2.81. The van der Waals surface area contributed by atoms with Crippen molar-refractivity contribution in [2.45, 2.75) is 32.2 Å². The third-order valence-corrected chi connectivity index (χ3v) is 5.97. The van der Waals surface area contributed by atoms with Crippen LogP contribution in [0.2, 0.25) is 0 Å². The van der Waals surface area contributed by atoms with Crippen molar-refractivity contribution in [1.29, 1.82) is 0 Å². The van der Waals surface area contributed by atoms with Crippen LogP contribution in [0.3, 0.4) is 0 Å². The molecule has 0 aliphatic heterocycles. The van der Waals surface area contributed by atoms with Crippen LogP contribution in [0.15, 0.2) is 22.6 Å². The molecule has 0 spiro atoms. The van der Waals surface area contributed by atoms with E-state index in [2.05, 4.69) is 20.9 Å². The van der Waals surface area contributed by atoms with Crippen LogP contribution in [0.4, 0.5) is 0 Å². The summed E-state index contributed by atoms with van der Waals surface area (Å²) in [6, 6.07) is 1.90. The molecule has 0 saturated heterocycles. The van der Waals surface area contributed by atoms with Gasteiger partial charge in [-0.25, -0.2) is 4.98 Å². The summed E-state index contributed by atoms with van der Waals surface area (Å²) in [6.45, 7) is 0.790. The molecule has 0 aromatic carbocycles.